The van der Waals surface area contributed by atoms with E-state index in [1.807, 2.05) is 40.5 Å². The fraction of sp³-hybridized carbons (Fsp3) is 0.269. The number of pyridine rings is 2. The monoisotopic (exact) mass is 469 g/mol. The van der Waals surface area contributed by atoms with Gasteiger partial charge < -0.3 is 9.30 Å². The van der Waals surface area contributed by atoms with E-state index in [0.29, 0.717) is 11.4 Å². The van der Waals surface area contributed by atoms with E-state index in [0.717, 1.165) is 57.4 Å². The minimum absolute atomic E-state index is 0.0492. The van der Waals surface area contributed by atoms with Crippen LogP contribution in [0.25, 0.3) is 32.1 Å². The van der Waals surface area contributed by atoms with Crippen LogP contribution in [0.3, 0.4) is 0 Å². The maximum absolute atomic E-state index is 13.9. The van der Waals surface area contributed by atoms with Gasteiger partial charge in [0.1, 0.15) is 5.52 Å². The Bertz CT molecular complexity index is 1570. The molecule has 1 aliphatic rings. The van der Waals surface area contributed by atoms with Crippen LogP contribution in [0.15, 0.2) is 59.2 Å². The fourth-order valence-corrected chi connectivity index (χ4v) is 5.37. The molecule has 0 radical (unpaired) electrons. The topological polar surface area (TPSA) is 82.8 Å². The predicted molar refractivity (Wildman–Crippen MR) is 134 cm³/mol. The van der Waals surface area contributed by atoms with Gasteiger partial charge in [0.05, 0.1) is 28.4 Å². The molecule has 0 spiro atoms. The Morgan fingerprint density at radius 1 is 1.15 bits per heavy atom. The van der Waals surface area contributed by atoms with Crippen LogP contribution in [-0.2, 0) is 6.42 Å². The molecule has 4 heterocycles. The number of hydrogen-bond donors (Lipinski definition) is 0. The van der Waals surface area contributed by atoms with E-state index in [2.05, 4.69) is 32.9 Å². The van der Waals surface area contributed by atoms with E-state index in [4.69, 9.17) is 4.74 Å². The van der Waals surface area contributed by atoms with Gasteiger partial charge in [0.2, 0.25) is 0 Å². The molecule has 1 saturated carbocycles. The minimum atomic E-state index is 0.0492. The van der Waals surface area contributed by atoms with Crippen LogP contribution in [0.1, 0.15) is 43.1 Å². The van der Waals surface area contributed by atoms with Gasteiger partial charge in [0.25, 0.3) is 5.56 Å². The molecule has 170 valence electrons. The van der Waals surface area contributed by atoms with Crippen molar-refractivity contribution in [2.75, 3.05) is 7.11 Å². The first-order chi connectivity index (χ1) is 16.6. The number of nitrogens with zero attached hydrogens (tertiary/aromatic N) is 5. The zero-order valence-electron chi connectivity index (χ0n) is 18.9. The third kappa shape index (κ3) is 3.54. The summed E-state index contributed by atoms with van der Waals surface area (Å²) in [5.74, 6) is 0.116. The van der Waals surface area contributed by atoms with E-state index in [1.54, 1.807) is 23.7 Å². The molecule has 0 saturated heterocycles. The Morgan fingerprint density at radius 2 is 1.97 bits per heavy atom. The van der Waals surface area contributed by atoms with Crippen LogP contribution in [0.5, 0.6) is 6.01 Å². The average Bonchev–Trinajstić information content (AvgIpc) is 3.58. The first kappa shape index (κ1) is 20.9. The van der Waals surface area contributed by atoms with Gasteiger partial charge in [-0.15, -0.1) is 11.3 Å². The summed E-state index contributed by atoms with van der Waals surface area (Å²) in [7, 11) is 1.54. The average molecular weight is 470 g/mol. The number of methoxy groups -OCH3 is 1. The minimum Gasteiger partial charge on any atom is -0.467 e. The SMILES string of the molecule is COc1ncc(-c2cccc3cc([C@H](C)Cc4nccc5scnc45)n(C4CC4)c(=O)c23)cn1. The van der Waals surface area contributed by atoms with Crippen LogP contribution in [0.2, 0.25) is 0 Å². The summed E-state index contributed by atoms with van der Waals surface area (Å²) in [4.78, 5) is 31.6. The molecule has 0 bridgehead atoms. The lowest BCUT2D eigenvalue weighted by atomic mass is 9.95. The standard InChI is InChI=1S/C26H23N5O2S/c1-15(10-20-24-22(8-9-27-20)34-14-30-24)21-11-16-4-3-5-19(17-12-28-26(33-2)29-13-17)23(16)25(32)31(21)18-6-7-18/h3-5,8-9,11-15,18H,6-7,10H2,1-2H3/t15-/m1/s1. The molecule has 0 N–H and O–H groups in total. The van der Waals surface area contributed by atoms with Crippen molar-refractivity contribution >= 4 is 32.3 Å². The van der Waals surface area contributed by atoms with Gasteiger partial charge in [0, 0.05) is 41.8 Å². The number of rotatable bonds is 6. The summed E-state index contributed by atoms with van der Waals surface area (Å²) < 4.78 is 8.25. The smallest absolute Gasteiger partial charge is 0.316 e. The van der Waals surface area contributed by atoms with E-state index in [1.165, 1.54) is 7.11 Å². The molecule has 7 nitrogen and oxygen atoms in total. The number of fused-ring (bicyclic) bond motifs is 2. The Balaban J connectivity index is 1.48. The van der Waals surface area contributed by atoms with Gasteiger partial charge in [-0.2, -0.15) is 0 Å². The molecule has 0 amide bonds. The highest BCUT2D eigenvalue weighted by Gasteiger charge is 2.30. The van der Waals surface area contributed by atoms with E-state index >= 15 is 0 Å². The molecular formula is C26H23N5O2S. The second kappa shape index (κ2) is 8.29. The molecule has 34 heavy (non-hydrogen) atoms. The molecule has 1 fully saturated rings. The van der Waals surface area contributed by atoms with Gasteiger partial charge in [-0.3, -0.25) is 9.78 Å². The Hall–Kier alpha value is -3.65. The number of ether oxygens (including phenoxy) is 1. The first-order valence-electron chi connectivity index (χ1n) is 11.4. The zero-order chi connectivity index (χ0) is 23.2. The summed E-state index contributed by atoms with van der Waals surface area (Å²) in [6, 6.07) is 10.7. The summed E-state index contributed by atoms with van der Waals surface area (Å²) >= 11 is 1.62. The molecule has 5 aromatic rings. The highest BCUT2D eigenvalue weighted by molar-refractivity contribution is 7.16. The third-order valence-corrected chi connectivity index (χ3v) is 7.27. The van der Waals surface area contributed by atoms with Crippen LogP contribution < -0.4 is 10.3 Å². The number of thiazole rings is 1. The second-order valence-electron chi connectivity index (χ2n) is 8.77. The predicted octanol–water partition coefficient (Wildman–Crippen LogP) is 5.15. The van der Waals surface area contributed by atoms with Crippen molar-refractivity contribution in [1.29, 1.82) is 0 Å². The van der Waals surface area contributed by atoms with Crippen LogP contribution in [-0.4, -0.2) is 31.6 Å². The number of hydrogen-bond acceptors (Lipinski definition) is 7. The molecule has 0 unspecified atom stereocenters. The van der Waals surface area contributed by atoms with Crippen molar-refractivity contribution in [3.8, 4) is 17.1 Å². The third-order valence-electron chi connectivity index (χ3n) is 6.47. The molecule has 6 rings (SSSR count). The zero-order valence-corrected chi connectivity index (χ0v) is 19.7. The summed E-state index contributed by atoms with van der Waals surface area (Å²) in [5.41, 5.74) is 6.54. The van der Waals surface area contributed by atoms with Crippen LogP contribution >= 0.6 is 11.3 Å². The van der Waals surface area contributed by atoms with Crippen molar-refractivity contribution in [2.24, 2.45) is 0 Å². The van der Waals surface area contributed by atoms with Crippen LogP contribution in [0.4, 0.5) is 0 Å². The Labute approximate surface area is 200 Å². The fourth-order valence-electron chi connectivity index (χ4n) is 4.68. The van der Waals surface area contributed by atoms with Gasteiger partial charge in [-0.05, 0) is 42.3 Å². The van der Waals surface area contributed by atoms with E-state index in [-0.39, 0.29) is 17.5 Å². The number of aromatic nitrogens is 5. The second-order valence-corrected chi connectivity index (χ2v) is 9.65. The maximum atomic E-state index is 13.9. The van der Waals surface area contributed by atoms with Crippen molar-refractivity contribution in [1.82, 2.24) is 24.5 Å². The summed E-state index contributed by atoms with van der Waals surface area (Å²) in [5, 5.41) is 1.63. The lowest BCUT2D eigenvalue weighted by Gasteiger charge is -2.20. The molecule has 1 atom stereocenters. The van der Waals surface area contributed by atoms with E-state index in [9.17, 15) is 4.79 Å². The van der Waals surface area contributed by atoms with Gasteiger partial charge >= 0.3 is 6.01 Å². The Morgan fingerprint density at radius 3 is 2.74 bits per heavy atom. The lowest BCUT2D eigenvalue weighted by molar-refractivity contribution is 0.380. The van der Waals surface area contributed by atoms with Crippen molar-refractivity contribution in [3.05, 3.63) is 76.2 Å². The number of benzene rings is 1. The molecule has 4 aromatic heterocycles. The molecule has 8 heteroatoms. The summed E-state index contributed by atoms with van der Waals surface area (Å²) in [6.07, 6.45) is 8.04. The largest absolute Gasteiger partial charge is 0.467 e. The maximum Gasteiger partial charge on any atom is 0.316 e. The molecular weight excluding hydrogens is 446 g/mol. The van der Waals surface area contributed by atoms with Crippen molar-refractivity contribution in [3.63, 3.8) is 0 Å². The molecule has 1 aromatic carbocycles. The normalized spacial score (nSPS) is 14.5. The van der Waals surface area contributed by atoms with Crippen LogP contribution in [0, 0.1) is 0 Å². The van der Waals surface area contributed by atoms with E-state index < -0.39 is 0 Å². The first-order valence-corrected chi connectivity index (χ1v) is 12.2. The van der Waals surface area contributed by atoms with Gasteiger partial charge in [-0.25, -0.2) is 15.0 Å². The lowest BCUT2D eigenvalue weighted by Crippen LogP contribution is -2.25. The highest BCUT2D eigenvalue weighted by atomic mass is 32.1. The molecule has 0 aliphatic heterocycles. The highest BCUT2D eigenvalue weighted by Crippen LogP contribution is 2.39. The summed E-state index contributed by atoms with van der Waals surface area (Å²) in [6.45, 7) is 2.17. The van der Waals surface area contributed by atoms with Gasteiger partial charge in [0.15, 0.2) is 0 Å². The molecule has 1 aliphatic carbocycles. The Kier molecular flexibility index (Phi) is 5.10. The quantitative estimate of drug-likeness (QED) is 0.342. The van der Waals surface area contributed by atoms with Gasteiger partial charge in [-0.1, -0.05) is 25.1 Å². The van der Waals surface area contributed by atoms with Crippen molar-refractivity contribution < 1.29 is 4.74 Å². The van der Waals surface area contributed by atoms with Crippen molar-refractivity contribution in [2.45, 2.75) is 38.1 Å².